The molecule has 0 saturated heterocycles. The number of hydrogen-bond donors (Lipinski definition) is 1. The normalized spacial score (nSPS) is 13.7. The van der Waals surface area contributed by atoms with Crippen molar-refractivity contribution in [3.63, 3.8) is 0 Å². The number of aliphatic hydroxyl groups excluding tert-OH is 1. The second-order valence-corrected chi connectivity index (χ2v) is 4.35. The van der Waals surface area contributed by atoms with Crippen molar-refractivity contribution < 1.29 is 5.11 Å². The molecule has 0 radical (unpaired) electrons. The molecule has 0 amide bonds. The summed E-state index contributed by atoms with van der Waals surface area (Å²) in [5.41, 5.74) is 2.05. The fourth-order valence-electron chi connectivity index (χ4n) is 2.10. The molecule has 3 heteroatoms. The van der Waals surface area contributed by atoms with Gasteiger partial charge in [0.1, 0.15) is 0 Å². The number of anilines is 1. The van der Waals surface area contributed by atoms with Crippen LogP contribution in [0.2, 0.25) is 0 Å². The van der Waals surface area contributed by atoms with E-state index in [0.717, 1.165) is 24.3 Å². The van der Waals surface area contributed by atoms with Crippen LogP contribution in [0.25, 0.3) is 0 Å². The van der Waals surface area contributed by atoms with Crippen LogP contribution < -0.4 is 4.90 Å². The summed E-state index contributed by atoms with van der Waals surface area (Å²) in [7, 11) is 0. The Morgan fingerprint density at radius 2 is 1.72 bits per heavy atom. The smallest absolute Gasteiger partial charge is 0.0971 e. The molecule has 3 nitrogen and oxygen atoms in total. The van der Waals surface area contributed by atoms with E-state index in [9.17, 15) is 5.11 Å². The Morgan fingerprint density at radius 3 is 2.11 bits per heavy atom. The van der Waals surface area contributed by atoms with E-state index < -0.39 is 12.0 Å². The minimum absolute atomic E-state index is 0.430. The zero-order chi connectivity index (χ0) is 13.5. The molecule has 1 rings (SSSR count). The number of benzene rings is 1. The fraction of sp³-hybridized carbons (Fsp3) is 0.533. The molecule has 0 bridgehead atoms. The van der Waals surface area contributed by atoms with Crippen LogP contribution in [0.5, 0.6) is 0 Å². The molecular weight excluding hydrogens is 224 g/mol. The first-order valence-electron chi connectivity index (χ1n) is 6.60. The number of rotatable bonds is 6. The van der Waals surface area contributed by atoms with Crippen LogP contribution in [0.4, 0.5) is 5.69 Å². The minimum atomic E-state index is -0.589. The third-order valence-electron chi connectivity index (χ3n) is 3.32. The van der Waals surface area contributed by atoms with Gasteiger partial charge in [0.05, 0.1) is 18.1 Å². The van der Waals surface area contributed by atoms with Crippen molar-refractivity contribution in [1.82, 2.24) is 0 Å². The molecule has 18 heavy (non-hydrogen) atoms. The molecular formula is C15H22N2O. The quantitative estimate of drug-likeness (QED) is 0.839. The average molecular weight is 246 g/mol. The molecule has 0 aromatic heterocycles. The van der Waals surface area contributed by atoms with Gasteiger partial charge in [0, 0.05) is 18.8 Å². The predicted molar refractivity (Wildman–Crippen MR) is 74.7 cm³/mol. The lowest BCUT2D eigenvalue weighted by Gasteiger charge is -2.22. The van der Waals surface area contributed by atoms with E-state index in [1.165, 1.54) is 0 Å². The highest BCUT2D eigenvalue weighted by molar-refractivity contribution is 5.48. The van der Waals surface area contributed by atoms with Gasteiger partial charge in [0.25, 0.3) is 0 Å². The van der Waals surface area contributed by atoms with Gasteiger partial charge in [-0.3, -0.25) is 0 Å². The zero-order valence-electron chi connectivity index (χ0n) is 11.4. The molecule has 1 aromatic carbocycles. The first-order chi connectivity index (χ1) is 8.67. The van der Waals surface area contributed by atoms with Crippen LogP contribution in [-0.2, 0) is 0 Å². The van der Waals surface area contributed by atoms with Crippen LogP contribution in [0.3, 0.4) is 0 Å². The van der Waals surface area contributed by atoms with Gasteiger partial charge in [-0.15, -0.1) is 0 Å². The topological polar surface area (TPSA) is 47.3 Å². The Balaban J connectivity index is 2.91. The van der Waals surface area contributed by atoms with Crippen LogP contribution in [0, 0.1) is 11.3 Å². The number of nitrogens with zero attached hydrogens (tertiary/aromatic N) is 2. The Labute approximate surface area is 110 Å². The Morgan fingerprint density at radius 1 is 1.17 bits per heavy atom. The second-order valence-electron chi connectivity index (χ2n) is 4.35. The number of nitriles is 1. The highest BCUT2D eigenvalue weighted by atomic mass is 16.3. The van der Waals surface area contributed by atoms with Gasteiger partial charge in [-0.1, -0.05) is 19.1 Å². The molecule has 0 aliphatic rings. The molecule has 98 valence electrons. The highest BCUT2D eigenvalue weighted by Gasteiger charge is 2.19. The zero-order valence-corrected chi connectivity index (χ0v) is 11.4. The first-order valence-corrected chi connectivity index (χ1v) is 6.60. The summed E-state index contributed by atoms with van der Waals surface area (Å²) < 4.78 is 0. The highest BCUT2D eigenvalue weighted by Crippen LogP contribution is 2.24. The average Bonchev–Trinajstić information content (AvgIpc) is 2.42. The van der Waals surface area contributed by atoms with Gasteiger partial charge in [-0.25, -0.2) is 0 Å². The molecule has 0 fully saturated rings. The monoisotopic (exact) mass is 246 g/mol. The van der Waals surface area contributed by atoms with Gasteiger partial charge in [-0.2, -0.15) is 5.26 Å². The number of aliphatic hydroxyl groups is 1. The van der Waals surface area contributed by atoms with Gasteiger partial charge in [-0.05, 0) is 38.0 Å². The van der Waals surface area contributed by atoms with Gasteiger partial charge < -0.3 is 10.0 Å². The van der Waals surface area contributed by atoms with Gasteiger partial charge in [0.2, 0.25) is 0 Å². The Bertz CT molecular complexity index is 390. The fourth-order valence-corrected chi connectivity index (χ4v) is 2.10. The Kier molecular flexibility index (Phi) is 5.67. The van der Waals surface area contributed by atoms with Crippen LogP contribution >= 0.6 is 0 Å². The third-order valence-corrected chi connectivity index (χ3v) is 3.32. The molecule has 0 aliphatic heterocycles. The summed E-state index contributed by atoms with van der Waals surface area (Å²) in [5.74, 6) is -0.430. The van der Waals surface area contributed by atoms with Crippen molar-refractivity contribution in [2.75, 3.05) is 18.0 Å². The molecule has 0 saturated carbocycles. The van der Waals surface area contributed by atoms with Crippen LogP contribution in [0.1, 0.15) is 38.7 Å². The molecule has 0 heterocycles. The maximum absolute atomic E-state index is 9.81. The molecule has 0 spiro atoms. The van der Waals surface area contributed by atoms with Crippen molar-refractivity contribution in [2.45, 2.75) is 39.2 Å². The minimum Gasteiger partial charge on any atom is -0.391 e. The standard InChI is InChI=1S/C15H22N2O/c1-4-15(18)14(11-16)12-7-9-13(10-8-12)17(5-2)6-3/h7-10,14-15,18H,4-6H2,1-3H3. The summed E-state index contributed by atoms with van der Waals surface area (Å²) >= 11 is 0. The lowest BCUT2D eigenvalue weighted by Crippen LogP contribution is -2.22. The molecule has 2 unspecified atom stereocenters. The van der Waals surface area contributed by atoms with E-state index >= 15 is 0 Å². The maximum Gasteiger partial charge on any atom is 0.0971 e. The predicted octanol–water partition coefficient (Wildman–Crippen LogP) is 2.91. The first kappa shape index (κ1) is 14.5. The second kappa shape index (κ2) is 7.03. The van der Waals surface area contributed by atoms with Crippen molar-refractivity contribution in [3.05, 3.63) is 29.8 Å². The SMILES string of the molecule is CCC(O)C(C#N)c1ccc(N(CC)CC)cc1. The van der Waals surface area contributed by atoms with E-state index in [4.69, 9.17) is 5.26 Å². The van der Waals surface area contributed by atoms with E-state index in [2.05, 4.69) is 24.8 Å². The van der Waals surface area contributed by atoms with E-state index in [1.54, 1.807) is 0 Å². The van der Waals surface area contributed by atoms with Crippen molar-refractivity contribution in [2.24, 2.45) is 0 Å². The van der Waals surface area contributed by atoms with E-state index in [-0.39, 0.29) is 0 Å². The van der Waals surface area contributed by atoms with Crippen molar-refractivity contribution >= 4 is 5.69 Å². The van der Waals surface area contributed by atoms with Crippen molar-refractivity contribution in [3.8, 4) is 6.07 Å². The van der Waals surface area contributed by atoms with E-state index in [0.29, 0.717) is 6.42 Å². The summed E-state index contributed by atoms with van der Waals surface area (Å²) in [5, 5.41) is 18.9. The van der Waals surface area contributed by atoms with Crippen LogP contribution in [-0.4, -0.2) is 24.3 Å². The maximum atomic E-state index is 9.81. The summed E-state index contributed by atoms with van der Waals surface area (Å²) in [6.45, 7) is 8.07. The molecule has 1 aromatic rings. The summed E-state index contributed by atoms with van der Waals surface area (Å²) in [6, 6.07) is 10.1. The van der Waals surface area contributed by atoms with Gasteiger partial charge >= 0.3 is 0 Å². The van der Waals surface area contributed by atoms with Gasteiger partial charge in [0.15, 0.2) is 0 Å². The number of hydrogen-bond acceptors (Lipinski definition) is 3. The van der Waals surface area contributed by atoms with E-state index in [1.807, 2.05) is 31.2 Å². The van der Waals surface area contributed by atoms with Crippen molar-refractivity contribution in [1.29, 1.82) is 5.26 Å². The molecule has 2 atom stereocenters. The molecule has 1 N–H and O–H groups in total. The Hall–Kier alpha value is -1.53. The van der Waals surface area contributed by atoms with Crippen LogP contribution in [0.15, 0.2) is 24.3 Å². The summed E-state index contributed by atoms with van der Waals surface area (Å²) in [6.07, 6.45) is 0.00467. The largest absolute Gasteiger partial charge is 0.391 e. The lowest BCUT2D eigenvalue weighted by molar-refractivity contribution is 0.157. The lowest BCUT2D eigenvalue weighted by atomic mass is 9.93. The molecule has 0 aliphatic carbocycles. The third kappa shape index (κ3) is 3.24. The summed E-state index contributed by atoms with van der Waals surface area (Å²) in [4.78, 5) is 2.25.